The van der Waals surface area contributed by atoms with E-state index in [0.29, 0.717) is 21.9 Å². The topological polar surface area (TPSA) is 139 Å². The Balaban J connectivity index is 1.63. The average Bonchev–Trinajstić information content (AvgIpc) is 3.27. The zero-order valence-electron chi connectivity index (χ0n) is 15.5. The summed E-state index contributed by atoms with van der Waals surface area (Å²) in [5.41, 5.74) is -0.241. The number of oxazole rings is 1. The number of anilines is 1. The number of carbonyl (C=O) groups is 1. The van der Waals surface area contributed by atoms with Gasteiger partial charge in [-0.25, -0.2) is 9.48 Å². The van der Waals surface area contributed by atoms with E-state index in [1.165, 1.54) is 31.8 Å². The Morgan fingerprint density at radius 1 is 1.28 bits per heavy atom. The Morgan fingerprint density at radius 2 is 2.03 bits per heavy atom. The number of aromatic nitrogens is 6. The Bertz CT molecular complexity index is 1400. The minimum atomic E-state index is -0.607. The number of carbonyl (C=O) groups excluding carboxylic acids is 1. The number of amides is 1. The van der Waals surface area contributed by atoms with Gasteiger partial charge in [-0.3, -0.25) is 24.0 Å². The minimum Gasteiger partial charge on any atom is -0.495 e. The molecule has 1 aromatic carbocycles. The van der Waals surface area contributed by atoms with Crippen LogP contribution in [0, 0.1) is 0 Å². The molecule has 0 saturated heterocycles. The SMILES string of the molecule is COc1cc2nc(NC(=O)Cn3nnc4c3c(=O)n(C)c(=O)n4C)oc2cc1Cl. The molecule has 29 heavy (non-hydrogen) atoms. The van der Waals surface area contributed by atoms with Crippen LogP contribution in [0.3, 0.4) is 0 Å². The van der Waals surface area contributed by atoms with Crippen molar-refractivity contribution in [2.24, 2.45) is 14.1 Å². The van der Waals surface area contributed by atoms with E-state index in [1.807, 2.05) is 0 Å². The summed E-state index contributed by atoms with van der Waals surface area (Å²) in [7, 11) is 4.26. The average molecular weight is 420 g/mol. The molecule has 4 rings (SSSR count). The zero-order chi connectivity index (χ0) is 20.9. The molecule has 4 aromatic rings. The third-order valence-corrected chi connectivity index (χ3v) is 4.61. The monoisotopic (exact) mass is 419 g/mol. The number of nitrogens with one attached hydrogen (secondary N) is 1. The number of benzene rings is 1. The third kappa shape index (κ3) is 3.02. The van der Waals surface area contributed by atoms with Gasteiger partial charge in [-0.2, -0.15) is 4.98 Å². The molecule has 150 valence electrons. The summed E-state index contributed by atoms with van der Waals surface area (Å²) < 4.78 is 13.8. The number of nitrogens with zero attached hydrogens (tertiary/aromatic N) is 6. The van der Waals surface area contributed by atoms with Gasteiger partial charge in [-0.1, -0.05) is 16.8 Å². The molecule has 3 heterocycles. The van der Waals surface area contributed by atoms with E-state index in [2.05, 4.69) is 20.6 Å². The quantitative estimate of drug-likeness (QED) is 0.497. The van der Waals surface area contributed by atoms with Crippen LogP contribution >= 0.6 is 11.6 Å². The van der Waals surface area contributed by atoms with Gasteiger partial charge in [0.25, 0.3) is 5.56 Å². The molecule has 0 spiro atoms. The number of aryl methyl sites for hydroxylation is 1. The third-order valence-electron chi connectivity index (χ3n) is 4.32. The fourth-order valence-corrected chi connectivity index (χ4v) is 3.07. The predicted octanol–water partition coefficient (Wildman–Crippen LogP) is 0.271. The van der Waals surface area contributed by atoms with Crippen LogP contribution < -0.4 is 21.3 Å². The molecule has 0 aliphatic rings. The lowest BCUT2D eigenvalue weighted by Crippen LogP contribution is -2.38. The lowest BCUT2D eigenvalue weighted by atomic mass is 10.3. The Kier molecular flexibility index (Phi) is 4.34. The normalized spacial score (nSPS) is 11.3. The van der Waals surface area contributed by atoms with Crippen LogP contribution in [-0.2, 0) is 25.4 Å². The van der Waals surface area contributed by atoms with E-state index < -0.39 is 17.2 Å². The van der Waals surface area contributed by atoms with Crippen LogP contribution in [-0.4, -0.2) is 42.1 Å². The van der Waals surface area contributed by atoms with Crippen molar-refractivity contribution < 1.29 is 13.9 Å². The van der Waals surface area contributed by atoms with Crippen molar-refractivity contribution in [3.63, 3.8) is 0 Å². The van der Waals surface area contributed by atoms with Gasteiger partial charge in [-0.05, 0) is 0 Å². The van der Waals surface area contributed by atoms with Gasteiger partial charge in [0.15, 0.2) is 16.7 Å². The van der Waals surface area contributed by atoms with Crippen molar-refractivity contribution in [2.75, 3.05) is 12.4 Å². The Hall–Kier alpha value is -3.67. The first-order chi connectivity index (χ1) is 13.8. The van der Waals surface area contributed by atoms with E-state index in [-0.39, 0.29) is 23.7 Å². The van der Waals surface area contributed by atoms with E-state index in [4.69, 9.17) is 20.8 Å². The molecule has 0 atom stereocenters. The van der Waals surface area contributed by atoms with Crippen molar-refractivity contribution in [2.45, 2.75) is 6.54 Å². The van der Waals surface area contributed by atoms with Crippen molar-refractivity contribution in [1.29, 1.82) is 0 Å². The summed E-state index contributed by atoms with van der Waals surface area (Å²) in [4.78, 5) is 40.9. The number of halogens is 1. The second-order valence-electron chi connectivity index (χ2n) is 6.15. The number of ether oxygens (including phenoxy) is 1. The number of methoxy groups -OCH3 is 1. The molecule has 0 unspecified atom stereocenters. The number of rotatable bonds is 4. The lowest BCUT2D eigenvalue weighted by Gasteiger charge is -2.04. The molecule has 3 aromatic heterocycles. The highest BCUT2D eigenvalue weighted by molar-refractivity contribution is 6.32. The van der Waals surface area contributed by atoms with Gasteiger partial charge in [0.1, 0.15) is 17.8 Å². The lowest BCUT2D eigenvalue weighted by molar-refractivity contribution is -0.117. The molecule has 0 bridgehead atoms. The maximum absolute atomic E-state index is 12.4. The summed E-state index contributed by atoms with van der Waals surface area (Å²) in [6, 6.07) is 3.04. The number of hydrogen-bond acceptors (Lipinski definition) is 8. The first-order valence-corrected chi connectivity index (χ1v) is 8.61. The highest BCUT2D eigenvalue weighted by Crippen LogP contribution is 2.31. The van der Waals surface area contributed by atoms with E-state index >= 15 is 0 Å². The van der Waals surface area contributed by atoms with Crippen molar-refractivity contribution >= 4 is 45.8 Å². The van der Waals surface area contributed by atoms with Crippen LogP contribution in [0.2, 0.25) is 5.02 Å². The number of hydrogen-bond donors (Lipinski definition) is 1. The predicted molar refractivity (Wildman–Crippen MR) is 102 cm³/mol. The Labute approximate surface area is 166 Å². The highest BCUT2D eigenvalue weighted by Gasteiger charge is 2.19. The summed E-state index contributed by atoms with van der Waals surface area (Å²) in [6.07, 6.45) is 0. The van der Waals surface area contributed by atoms with Gasteiger partial charge in [0, 0.05) is 26.2 Å². The summed E-state index contributed by atoms with van der Waals surface area (Å²) in [5.74, 6) is -0.141. The second-order valence-corrected chi connectivity index (χ2v) is 6.55. The maximum atomic E-state index is 12.4. The largest absolute Gasteiger partial charge is 0.495 e. The molecule has 1 N–H and O–H groups in total. The molecule has 0 aliphatic heterocycles. The van der Waals surface area contributed by atoms with Crippen molar-refractivity contribution in [3.8, 4) is 5.75 Å². The van der Waals surface area contributed by atoms with Crippen LogP contribution in [0.15, 0.2) is 26.1 Å². The van der Waals surface area contributed by atoms with Gasteiger partial charge in [-0.15, -0.1) is 5.10 Å². The number of fused-ring (bicyclic) bond motifs is 2. The summed E-state index contributed by atoms with van der Waals surface area (Å²) in [6.45, 7) is -0.341. The second kappa shape index (κ2) is 6.74. The highest BCUT2D eigenvalue weighted by atomic mass is 35.5. The molecule has 13 heteroatoms. The van der Waals surface area contributed by atoms with Crippen LogP contribution in [0.5, 0.6) is 5.75 Å². The van der Waals surface area contributed by atoms with E-state index in [1.54, 1.807) is 6.07 Å². The van der Waals surface area contributed by atoms with Gasteiger partial charge in [0.2, 0.25) is 5.91 Å². The Morgan fingerprint density at radius 3 is 2.76 bits per heavy atom. The molecule has 0 radical (unpaired) electrons. The first kappa shape index (κ1) is 18.7. The fraction of sp³-hybridized carbons (Fsp3) is 0.250. The van der Waals surface area contributed by atoms with E-state index in [0.717, 1.165) is 9.25 Å². The van der Waals surface area contributed by atoms with E-state index in [9.17, 15) is 14.4 Å². The molecule has 12 nitrogen and oxygen atoms in total. The van der Waals surface area contributed by atoms with Gasteiger partial charge < -0.3 is 9.15 Å². The fourth-order valence-electron chi connectivity index (χ4n) is 2.84. The zero-order valence-corrected chi connectivity index (χ0v) is 16.2. The molecular weight excluding hydrogens is 406 g/mol. The minimum absolute atomic E-state index is 0.0267. The van der Waals surface area contributed by atoms with Crippen molar-refractivity contribution in [3.05, 3.63) is 38.0 Å². The van der Waals surface area contributed by atoms with Crippen LogP contribution in [0.4, 0.5) is 6.01 Å². The molecule has 0 fully saturated rings. The molecule has 1 amide bonds. The smallest absolute Gasteiger partial charge is 0.332 e. The standard InChI is InChI=1S/C16H14ClN7O5/c1-22-13-12(14(26)23(2)16(22)27)24(21-20-13)6-11(25)19-15-18-8-5-9(28-3)7(17)4-10(8)29-15/h4-5H,6H2,1-3H3,(H,18,19,25). The molecule has 0 aliphatic carbocycles. The van der Waals surface area contributed by atoms with Crippen molar-refractivity contribution in [1.82, 2.24) is 29.1 Å². The van der Waals surface area contributed by atoms with Crippen LogP contribution in [0.1, 0.15) is 0 Å². The summed E-state index contributed by atoms with van der Waals surface area (Å²) >= 11 is 6.05. The van der Waals surface area contributed by atoms with Crippen LogP contribution in [0.25, 0.3) is 22.3 Å². The molecular formula is C16H14ClN7O5. The summed E-state index contributed by atoms with van der Waals surface area (Å²) in [5, 5.41) is 10.4. The molecule has 0 saturated carbocycles. The maximum Gasteiger partial charge on any atom is 0.332 e. The van der Waals surface area contributed by atoms with Gasteiger partial charge in [0.05, 0.1) is 12.1 Å². The van der Waals surface area contributed by atoms with Gasteiger partial charge >= 0.3 is 11.7 Å². The first-order valence-electron chi connectivity index (χ1n) is 8.23.